The van der Waals surface area contributed by atoms with Crippen LogP contribution in [0.1, 0.15) is 42.2 Å². The fourth-order valence-electron chi connectivity index (χ4n) is 2.86. The quantitative estimate of drug-likeness (QED) is 0.729. The molecule has 0 radical (unpaired) electrons. The highest BCUT2D eigenvalue weighted by atomic mass is 32.2. The molecule has 1 amide bonds. The number of ether oxygens (including phenoxy) is 1. The van der Waals surface area contributed by atoms with Gasteiger partial charge >= 0.3 is 0 Å². The van der Waals surface area contributed by atoms with Crippen molar-refractivity contribution in [2.45, 2.75) is 26.3 Å². The lowest BCUT2D eigenvalue weighted by Crippen LogP contribution is -2.30. The molecule has 0 aliphatic rings. The summed E-state index contributed by atoms with van der Waals surface area (Å²) >= 11 is 0. The lowest BCUT2D eigenvalue weighted by Gasteiger charge is -2.22. The molecule has 0 bridgehead atoms. The zero-order valence-corrected chi connectivity index (χ0v) is 17.8. The van der Waals surface area contributed by atoms with Crippen LogP contribution >= 0.6 is 0 Å². The first-order valence-corrected chi connectivity index (χ1v) is 11.0. The van der Waals surface area contributed by atoms with E-state index in [0.717, 1.165) is 28.3 Å². The fourth-order valence-corrected chi connectivity index (χ4v) is 3.36. The number of nitrogens with one attached hydrogen (secondary N) is 1. The van der Waals surface area contributed by atoms with E-state index in [9.17, 15) is 13.2 Å². The summed E-state index contributed by atoms with van der Waals surface area (Å²) in [5.74, 6) is 0.898. The van der Waals surface area contributed by atoms with E-state index in [-0.39, 0.29) is 11.9 Å². The Bertz CT molecular complexity index is 908. The first kappa shape index (κ1) is 21.8. The van der Waals surface area contributed by atoms with E-state index >= 15 is 0 Å². The molecule has 28 heavy (non-hydrogen) atoms. The maximum atomic E-state index is 12.9. The Kier molecular flexibility index (Phi) is 7.07. The van der Waals surface area contributed by atoms with Crippen LogP contribution in [-0.2, 0) is 10.0 Å². The van der Waals surface area contributed by atoms with Gasteiger partial charge in [-0.3, -0.25) is 9.10 Å². The van der Waals surface area contributed by atoms with Gasteiger partial charge in [-0.1, -0.05) is 32.0 Å². The fraction of sp³-hybridized carbons (Fsp3) is 0.381. The second kappa shape index (κ2) is 9.10. The third kappa shape index (κ3) is 5.73. The molecular formula is C21H28N2O4S. The van der Waals surface area contributed by atoms with Crippen LogP contribution in [0.5, 0.6) is 5.75 Å². The van der Waals surface area contributed by atoms with E-state index in [1.54, 1.807) is 31.4 Å². The summed E-state index contributed by atoms with van der Waals surface area (Å²) in [4.78, 5) is 12.9. The van der Waals surface area contributed by atoms with Crippen molar-refractivity contribution in [3.63, 3.8) is 0 Å². The third-order valence-electron chi connectivity index (χ3n) is 4.50. The Balaban J connectivity index is 2.25. The van der Waals surface area contributed by atoms with E-state index in [0.29, 0.717) is 17.2 Å². The monoisotopic (exact) mass is 404 g/mol. The molecule has 0 unspecified atom stereocenters. The average Bonchev–Trinajstić information content (AvgIpc) is 2.66. The van der Waals surface area contributed by atoms with Gasteiger partial charge in [0.25, 0.3) is 5.91 Å². The molecule has 7 heteroatoms. The molecule has 0 aromatic heterocycles. The number of amides is 1. The van der Waals surface area contributed by atoms with Crippen molar-refractivity contribution in [3.8, 4) is 5.75 Å². The predicted octanol–water partition coefficient (Wildman–Crippen LogP) is 3.61. The molecular weight excluding hydrogens is 376 g/mol. The SMILES string of the molecule is COc1ccc([C@H](CC(C)C)NC(=O)c2cccc(N(C)S(C)(=O)=O)c2)cc1. The summed E-state index contributed by atoms with van der Waals surface area (Å²) < 4.78 is 29.9. The molecule has 2 aromatic rings. The topological polar surface area (TPSA) is 75.7 Å². The van der Waals surface area contributed by atoms with Gasteiger partial charge in [-0.05, 0) is 48.2 Å². The zero-order chi connectivity index (χ0) is 20.9. The first-order chi connectivity index (χ1) is 13.1. The first-order valence-electron chi connectivity index (χ1n) is 9.10. The molecule has 6 nitrogen and oxygen atoms in total. The van der Waals surface area contributed by atoms with Crippen LogP contribution in [0.2, 0.25) is 0 Å². The van der Waals surface area contributed by atoms with Gasteiger partial charge in [0.2, 0.25) is 10.0 Å². The van der Waals surface area contributed by atoms with E-state index in [1.807, 2.05) is 24.3 Å². The molecule has 0 aliphatic heterocycles. The van der Waals surface area contributed by atoms with Crippen molar-refractivity contribution >= 4 is 21.6 Å². The number of carbonyl (C=O) groups excluding carboxylic acids is 1. The minimum absolute atomic E-state index is 0.158. The average molecular weight is 405 g/mol. The van der Waals surface area contributed by atoms with Crippen molar-refractivity contribution in [1.29, 1.82) is 0 Å². The van der Waals surface area contributed by atoms with Gasteiger partial charge in [-0.2, -0.15) is 0 Å². The van der Waals surface area contributed by atoms with Crippen LogP contribution in [0, 0.1) is 5.92 Å². The molecule has 0 heterocycles. The highest BCUT2D eigenvalue weighted by molar-refractivity contribution is 7.92. The lowest BCUT2D eigenvalue weighted by atomic mass is 9.96. The standard InChI is InChI=1S/C21H28N2O4S/c1-15(2)13-20(16-9-11-19(27-4)12-10-16)22-21(24)17-7-6-8-18(14-17)23(3)28(5,25)26/h6-12,14-15,20H,13H2,1-5H3,(H,22,24)/t20-/m0/s1. The van der Waals surface area contributed by atoms with Crippen LogP contribution in [0.25, 0.3) is 0 Å². The number of benzene rings is 2. The number of rotatable bonds is 8. The van der Waals surface area contributed by atoms with Crippen molar-refractivity contribution < 1.29 is 17.9 Å². The number of carbonyl (C=O) groups is 1. The smallest absolute Gasteiger partial charge is 0.251 e. The number of anilines is 1. The molecule has 0 aliphatic carbocycles. The Morgan fingerprint density at radius 3 is 2.32 bits per heavy atom. The summed E-state index contributed by atoms with van der Waals surface area (Å²) in [6.45, 7) is 4.20. The Morgan fingerprint density at radius 2 is 1.79 bits per heavy atom. The van der Waals surface area contributed by atoms with E-state index in [4.69, 9.17) is 4.74 Å². The molecule has 0 saturated heterocycles. The molecule has 0 fully saturated rings. The maximum absolute atomic E-state index is 12.9. The van der Waals surface area contributed by atoms with Gasteiger partial charge < -0.3 is 10.1 Å². The van der Waals surface area contributed by atoms with Crippen LogP contribution in [0.4, 0.5) is 5.69 Å². The maximum Gasteiger partial charge on any atom is 0.251 e. The predicted molar refractivity (Wildman–Crippen MR) is 112 cm³/mol. The number of hydrogen-bond acceptors (Lipinski definition) is 4. The van der Waals surface area contributed by atoms with Crippen LogP contribution < -0.4 is 14.4 Å². The summed E-state index contributed by atoms with van der Waals surface area (Å²) in [6.07, 6.45) is 1.91. The largest absolute Gasteiger partial charge is 0.497 e. The van der Waals surface area contributed by atoms with Gasteiger partial charge in [0, 0.05) is 12.6 Å². The Hall–Kier alpha value is -2.54. The van der Waals surface area contributed by atoms with Crippen molar-refractivity contribution in [2.24, 2.45) is 5.92 Å². The van der Waals surface area contributed by atoms with Gasteiger partial charge in [0.1, 0.15) is 5.75 Å². The van der Waals surface area contributed by atoms with Crippen molar-refractivity contribution in [2.75, 3.05) is 24.7 Å². The molecule has 1 atom stereocenters. The minimum Gasteiger partial charge on any atom is -0.497 e. The molecule has 2 rings (SSSR count). The number of sulfonamides is 1. The zero-order valence-electron chi connectivity index (χ0n) is 17.0. The van der Waals surface area contributed by atoms with Crippen LogP contribution in [-0.4, -0.2) is 34.7 Å². The van der Waals surface area contributed by atoms with Gasteiger partial charge in [-0.25, -0.2) is 8.42 Å². The second-order valence-electron chi connectivity index (χ2n) is 7.21. The van der Waals surface area contributed by atoms with Gasteiger partial charge in [0.05, 0.1) is 25.1 Å². The molecule has 2 aromatic carbocycles. The second-order valence-corrected chi connectivity index (χ2v) is 9.22. The Morgan fingerprint density at radius 1 is 1.14 bits per heavy atom. The number of nitrogens with zero attached hydrogens (tertiary/aromatic N) is 1. The highest BCUT2D eigenvalue weighted by Gasteiger charge is 2.19. The Labute approximate surface area is 167 Å². The summed E-state index contributed by atoms with van der Waals surface area (Å²) in [5, 5.41) is 3.08. The number of methoxy groups -OCH3 is 1. The van der Waals surface area contributed by atoms with Crippen LogP contribution in [0.3, 0.4) is 0 Å². The van der Waals surface area contributed by atoms with E-state index in [1.165, 1.54) is 7.05 Å². The van der Waals surface area contributed by atoms with Crippen molar-refractivity contribution in [3.05, 3.63) is 59.7 Å². The summed E-state index contributed by atoms with van der Waals surface area (Å²) in [6, 6.07) is 14.1. The lowest BCUT2D eigenvalue weighted by molar-refractivity contribution is 0.0932. The minimum atomic E-state index is -3.40. The normalized spacial score (nSPS) is 12.5. The van der Waals surface area contributed by atoms with Gasteiger partial charge in [0.15, 0.2) is 0 Å². The van der Waals surface area contributed by atoms with Gasteiger partial charge in [-0.15, -0.1) is 0 Å². The number of hydrogen-bond donors (Lipinski definition) is 1. The van der Waals surface area contributed by atoms with Crippen molar-refractivity contribution in [1.82, 2.24) is 5.32 Å². The molecule has 0 saturated carbocycles. The third-order valence-corrected chi connectivity index (χ3v) is 5.71. The summed E-state index contributed by atoms with van der Waals surface area (Å²) in [7, 11) is -0.320. The summed E-state index contributed by atoms with van der Waals surface area (Å²) in [5.41, 5.74) is 1.85. The van der Waals surface area contributed by atoms with E-state index in [2.05, 4.69) is 19.2 Å². The molecule has 0 spiro atoms. The van der Waals surface area contributed by atoms with Crippen LogP contribution in [0.15, 0.2) is 48.5 Å². The molecule has 1 N–H and O–H groups in total. The van der Waals surface area contributed by atoms with E-state index < -0.39 is 10.0 Å². The highest BCUT2D eigenvalue weighted by Crippen LogP contribution is 2.25. The molecule has 152 valence electrons.